The largest absolute Gasteiger partial charge is 0.495 e. The topological polar surface area (TPSA) is 115 Å². The summed E-state index contributed by atoms with van der Waals surface area (Å²) >= 11 is 0. The maximum atomic E-state index is 13.2. The quantitative estimate of drug-likeness (QED) is 0.451. The number of nitro groups is 1. The van der Waals surface area contributed by atoms with Crippen molar-refractivity contribution in [2.24, 2.45) is 0 Å². The molecule has 3 N–H and O–H groups in total. The minimum absolute atomic E-state index is 0.0445. The maximum Gasteiger partial charge on any atom is 0.282 e. The first kappa shape index (κ1) is 21.8. The fraction of sp³-hybridized carbons (Fsp3) is 0.263. The lowest BCUT2D eigenvalue weighted by atomic mass is 10.2. The van der Waals surface area contributed by atoms with E-state index in [1.54, 1.807) is 20.0 Å². The molecule has 0 aliphatic carbocycles. The Kier molecular flexibility index (Phi) is 7.21. The van der Waals surface area contributed by atoms with E-state index in [-0.39, 0.29) is 29.6 Å². The molecule has 0 aromatic heterocycles. The molecule has 2 atom stereocenters. The second kappa shape index (κ2) is 9.60. The van der Waals surface area contributed by atoms with Crippen molar-refractivity contribution in [1.29, 1.82) is 0 Å². The lowest BCUT2D eigenvalue weighted by Gasteiger charge is -2.21. The van der Waals surface area contributed by atoms with Gasteiger partial charge in [0.1, 0.15) is 11.6 Å². The lowest BCUT2D eigenvalue weighted by molar-refractivity contribution is -0.885. The number of anilines is 2. The summed E-state index contributed by atoms with van der Waals surface area (Å²) in [5, 5.41) is 16.1. The van der Waals surface area contributed by atoms with Crippen LogP contribution in [0.25, 0.3) is 0 Å². The first-order chi connectivity index (χ1) is 13.7. The van der Waals surface area contributed by atoms with Gasteiger partial charge in [-0.25, -0.2) is 4.39 Å². The van der Waals surface area contributed by atoms with Gasteiger partial charge in [0.2, 0.25) is 0 Å². The summed E-state index contributed by atoms with van der Waals surface area (Å²) in [4.78, 5) is 35.7. The molecule has 0 bridgehead atoms. The molecule has 0 aliphatic rings. The standard InChI is InChI=1S/C19H21FN4O5/c1-12(23(2)11-18(25)21-14-6-4-5-13(20)9-14)19(26)22-16-10-15(24(27)28)7-8-17(16)29-3/h4-10,12H,11H2,1-3H3,(H,21,25)(H,22,26)/p+1/t12-/m1/s1. The fourth-order valence-corrected chi connectivity index (χ4v) is 2.55. The molecule has 2 rings (SSSR count). The molecule has 0 heterocycles. The van der Waals surface area contributed by atoms with Crippen LogP contribution in [0.1, 0.15) is 6.92 Å². The van der Waals surface area contributed by atoms with E-state index in [0.29, 0.717) is 10.6 Å². The molecule has 9 nitrogen and oxygen atoms in total. The fourth-order valence-electron chi connectivity index (χ4n) is 2.55. The van der Waals surface area contributed by atoms with E-state index < -0.39 is 22.7 Å². The third-order valence-electron chi connectivity index (χ3n) is 4.33. The van der Waals surface area contributed by atoms with Crippen LogP contribution in [0.3, 0.4) is 0 Å². The normalized spacial score (nSPS) is 12.6. The maximum absolute atomic E-state index is 13.2. The first-order valence-electron chi connectivity index (χ1n) is 8.72. The van der Waals surface area contributed by atoms with Crippen LogP contribution in [0.5, 0.6) is 5.75 Å². The molecule has 2 aromatic rings. The number of nitrogens with zero attached hydrogens (tertiary/aromatic N) is 1. The molecule has 29 heavy (non-hydrogen) atoms. The van der Waals surface area contributed by atoms with Crippen molar-refractivity contribution in [3.05, 3.63) is 58.4 Å². The van der Waals surface area contributed by atoms with E-state index in [1.165, 1.54) is 43.5 Å². The zero-order chi connectivity index (χ0) is 21.6. The number of quaternary nitrogens is 1. The van der Waals surface area contributed by atoms with Crippen LogP contribution < -0.4 is 20.3 Å². The van der Waals surface area contributed by atoms with Gasteiger partial charge in [0.05, 0.1) is 24.8 Å². The van der Waals surface area contributed by atoms with E-state index in [4.69, 9.17) is 4.74 Å². The number of hydrogen-bond donors (Lipinski definition) is 3. The molecule has 10 heteroatoms. The summed E-state index contributed by atoms with van der Waals surface area (Å²) in [6.07, 6.45) is 0. The molecular formula is C19H22FN4O5+. The molecule has 154 valence electrons. The minimum Gasteiger partial charge on any atom is -0.495 e. The van der Waals surface area contributed by atoms with Gasteiger partial charge in [-0.05, 0) is 31.2 Å². The van der Waals surface area contributed by atoms with Crippen molar-refractivity contribution in [2.75, 3.05) is 31.3 Å². The van der Waals surface area contributed by atoms with Gasteiger partial charge in [0, 0.05) is 17.8 Å². The number of rotatable bonds is 8. The highest BCUT2D eigenvalue weighted by atomic mass is 19.1. The monoisotopic (exact) mass is 405 g/mol. The van der Waals surface area contributed by atoms with E-state index in [1.807, 2.05) is 0 Å². The molecule has 2 amide bonds. The van der Waals surface area contributed by atoms with E-state index >= 15 is 0 Å². The summed E-state index contributed by atoms with van der Waals surface area (Å²) in [5.41, 5.74) is 0.292. The zero-order valence-corrected chi connectivity index (χ0v) is 16.2. The van der Waals surface area contributed by atoms with Crippen molar-refractivity contribution in [3.8, 4) is 5.75 Å². The van der Waals surface area contributed by atoms with Crippen LogP contribution in [-0.4, -0.2) is 43.5 Å². The molecular weight excluding hydrogens is 383 g/mol. The number of carbonyl (C=O) groups is 2. The van der Waals surface area contributed by atoms with Gasteiger partial charge in [-0.1, -0.05) is 6.07 Å². The Hall–Kier alpha value is -3.53. The van der Waals surface area contributed by atoms with Crippen LogP contribution >= 0.6 is 0 Å². The first-order valence-corrected chi connectivity index (χ1v) is 8.72. The van der Waals surface area contributed by atoms with Crippen LogP contribution in [0, 0.1) is 15.9 Å². The average Bonchev–Trinajstić information content (AvgIpc) is 2.66. The minimum atomic E-state index is -0.655. The Labute approximate surface area is 166 Å². The van der Waals surface area contributed by atoms with Crippen LogP contribution in [0.2, 0.25) is 0 Å². The number of amides is 2. The van der Waals surface area contributed by atoms with Crippen LogP contribution in [0.4, 0.5) is 21.5 Å². The second-order valence-corrected chi connectivity index (χ2v) is 6.43. The molecule has 0 radical (unpaired) electrons. The molecule has 0 saturated carbocycles. The summed E-state index contributed by atoms with van der Waals surface area (Å²) in [6.45, 7) is 1.57. The Bertz CT molecular complexity index is 921. The smallest absolute Gasteiger partial charge is 0.282 e. The van der Waals surface area contributed by atoms with Gasteiger partial charge >= 0.3 is 0 Å². The highest BCUT2D eigenvalue weighted by molar-refractivity contribution is 5.96. The van der Waals surface area contributed by atoms with E-state index in [0.717, 1.165) is 0 Å². The predicted octanol–water partition coefficient (Wildman–Crippen LogP) is 1.22. The number of ether oxygens (including phenoxy) is 1. The number of hydrogen-bond acceptors (Lipinski definition) is 5. The summed E-state index contributed by atoms with van der Waals surface area (Å²) in [5.74, 6) is -1.03. The van der Waals surface area contributed by atoms with E-state index in [2.05, 4.69) is 10.6 Å². The number of non-ortho nitro benzene ring substituents is 1. The Morgan fingerprint density at radius 1 is 1.24 bits per heavy atom. The van der Waals surface area contributed by atoms with Gasteiger partial charge in [-0.15, -0.1) is 0 Å². The zero-order valence-electron chi connectivity index (χ0n) is 16.2. The van der Waals surface area contributed by atoms with Crippen molar-refractivity contribution in [2.45, 2.75) is 13.0 Å². The number of nitrogens with one attached hydrogen (secondary N) is 3. The number of halogens is 1. The number of benzene rings is 2. The highest BCUT2D eigenvalue weighted by Gasteiger charge is 2.25. The second-order valence-electron chi connectivity index (χ2n) is 6.43. The summed E-state index contributed by atoms with van der Waals surface area (Å²) < 4.78 is 18.3. The Morgan fingerprint density at radius 3 is 2.59 bits per heavy atom. The predicted molar refractivity (Wildman–Crippen MR) is 105 cm³/mol. The Balaban J connectivity index is 2.01. The molecule has 1 unspecified atom stereocenters. The third-order valence-corrected chi connectivity index (χ3v) is 4.33. The molecule has 0 aliphatic heterocycles. The van der Waals surface area contributed by atoms with Gasteiger partial charge in [-0.3, -0.25) is 19.7 Å². The van der Waals surface area contributed by atoms with E-state index in [9.17, 15) is 24.1 Å². The van der Waals surface area contributed by atoms with Crippen molar-refractivity contribution in [1.82, 2.24) is 0 Å². The number of nitro benzene ring substituents is 1. The van der Waals surface area contributed by atoms with Gasteiger partial charge in [0.25, 0.3) is 17.5 Å². The average molecular weight is 405 g/mol. The van der Waals surface area contributed by atoms with Crippen molar-refractivity contribution < 1.29 is 28.5 Å². The Morgan fingerprint density at radius 2 is 1.97 bits per heavy atom. The highest BCUT2D eigenvalue weighted by Crippen LogP contribution is 2.28. The van der Waals surface area contributed by atoms with Crippen LogP contribution in [0.15, 0.2) is 42.5 Å². The third kappa shape index (κ3) is 5.98. The lowest BCUT2D eigenvalue weighted by Crippen LogP contribution is -3.14. The molecule has 0 spiro atoms. The number of methoxy groups -OCH3 is 1. The SMILES string of the molecule is COc1ccc([N+](=O)[O-])cc1NC(=O)[C@@H](C)[NH+](C)CC(=O)Nc1cccc(F)c1. The summed E-state index contributed by atoms with van der Waals surface area (Å²) in [6, 6.07) is 8.70. The van der Waals surface area contributed by atoms with Crippen molar-refractivity contribution in [3.63, 3.8) is 0 Å². The molecule has 0 saturated heterocycles. The van der Waals surface area contributed by atoms with Gasteiger partial charge < -0.3 is 20.3 Å². The van der Waals surface area contributed by atoms with Crippen LogP contribution in [-0.2, 0) is 9.59 Å². The summed E-state index contributed by atoms with van der Waals surface area (Å²) in [7, 11) is 3.04. The molecule has 2 aromatic carbocycles. The van der Waals surface area contributed by atoms with Gasteiger partial charge in [0.15, 0.2) is 12.6 Å². The van der Waals surface area contributed by atoms with Gasteiger partial charge in [-0.2, -0.15) is 0 Å². The number of likely N-dealkylation sites (N-methyl/N-ethyl adjacent to an activating group) is 1. The van der Waals surface area contributed by atoms with Crippen molar-refractivity contribution >= 4 is 28.9 Å². The number of carbonyl (C=O) groups excluding carboxylic acids is 2. The molecule has 0 fully saturated rings.